The Bertz CT molecular complexity index is 24.4. The van der Waals surface area contributed by atoms with E-state index in [1.54, 1.807) is 0 Å². The predicted molar refractivity (Wildman–Crippen MR) is 20.5 cm³/mol. The van der Waals surface area contributed by atoms with Gasteiger partial charge in [0.05, 0.1) is 0 Å². The minimum Gasteiger partial charge on any atom is -1.00 e. The van der Waals surface area contributed by atoms with Gasteiger partial charge in [0.25, 0.3) is 0 Å². The van der Waals surface area contributed by atoms with E-state index in [-0.39, 0.29) is 69.9 Å². The number of hydrogen-bond acceptors (Lipinski definition) is 1. The molecule has 0 aromatic rings. The smallest absolute Gasteiger partial charge is 1.00 e. The Morgan fingerprint density at radius 3 is 1.50 bits per heavy atom. The van der Waals surface area contributed by atoms with Crippen molar-refractivity contribution in [3.63, 3.8) is 0 Å². The summed E-state index contributed by atoms with van der Waals surface area (Å²) in [6.07, 6.45) is 0. The van der Waals surface area contributed by atoms with Crippen LogP contribution >= 0.6 is 10.0 Å². The van der Waals surface area contributed by atoms with Crippen LogP contribution < -0.4 is 51.4 Å². The van der Waals surface area contributed by atoms with E-state index in [4.69, 9.17) is 21.9 Å². The second-order valence-corrected chi connectivity index (χ2v) is 0. The number of halogens is 1. The number of hydrogen-bond donors (Lipinski definition) is 0. The van der Waals surface area contributed by atoms with Crippen LogP contribution in [0.25, 0.3) is 0 Å². The fourth-order valence-corrected chi connectivity index (χ4v) is 0. The molecule has 0 unspecified atom stereocenters. The molecule has 0 saturated carbocycles. The molecular formula is CH3AlClFeKN-. The van der Waals surface area contributed by atoms with Crippen LogP contribution in [0.1, 0.15) is 1.43 Å². The molecule has 5 heteroatoms. The number of nitrogens with zero attached hydrogens (tertiary/aromatic N) is 1. The molecule has 0 spiro atoms. The molecular weight excluding hydrogens is 183 g/mol. The first-order chi connectivity index (χ1) is 2.00. The van der Waals surface area contributed by atoms with Crippen LogP contribution in [0, 0.1) is 11.8 Å². The third kappa shape index (κ3) is 31.7. The van der Waals surface area contributed by atoms with E-state index >= 15 is 0 Å². The summed E-state index contributed by atoms with van der Waals surface area (Å²) in [6.45, 7) is 4.75. The first-order valence-electron chi connectivity index (χ1n) is 0.602. The summed E-state index contributed by atoms with van der Waals surface area (Å²) in [6, 6.07) is 0. The molecule has 0 aliphatic rings. The third-order valence-electron chi connectivity index (χ3n) is 0. The zero-order chi connectivity index (χ0) is 4.00. The van der Waals surface area contributed by atoms with Gasteiger partial charge in [-0.05, 0) is 0 Å². The van der Waals surface area contributed by atoms with Crippen molar-refractivity contribution < 1.29 is 69.9 Å². The molecule has 0 heterocycles. The van der Waals surface area contributed by atoms with Crippen LogP contribution in [0.4, 0.5) is 0 Å². The van der Waals surface area contributed by atoms with Gasteiger partial charge in [0.15, 0.2) is 0 Å². The Morgan fingerprint density at radius 1 is 1.50 bits per heavy atom. The van der Waals surface area contributed by atoms with Crippen molar-refractivity contribution in [2.75, 3.05) is 0 Å². The Labute approximate surface area is 105 Å². The normalized spacial score (nSPS) is 1.17. The fraction of sp³-hybridized carbons (Fsp3) is 0. The van der Waals surface area contributed by atoms with Crippen LogP contribution in [-0.2, 0) is 17.1 Å². The SMILES string of the molecule is [AlH2][Cl].[C-]#N.[Fe].[H-].[K+]. The average molecular weight is 186 g/mol. The maximum absolute atomic E-state index is 6.25. The molecule has 0 aliphatic heterocycles. The van der Waals surface area contributed by atoms with Gasteiger partial charge in [-0.1, -0.05) is 0 Å². The van der Waals surface area contributed by atoms with Crippen LogP contribution in [0.2, 0.25) is 0 Å². The zero-order valence-electron chi connectivity index (χ0n) is 4.68. The van der Waals surface area contributed by atoms with Crippen LogP contribution in [0.5, 0.6) is 0 Å². The van der Waals surface area contributed by atoms with Crippen molar-refractivity contribution in [2.45, 2.75) is 0 Å². The predicted octanol–water partition coefficient (Wildman–Crippen LogP) is -3.02. The second-order valence-electron chi connectivity index (χ2n) is 0. The van der Waals surface area contributed by atoms with Crippen molar-refractivity contribution in [2.24, 2.45) is 0 Å². The molecule has 0 aromatic heterocycles. The van der Waals surface area contributed by atoms with Crippen molar-refractivity contribution in [3.8, 4) is 0 Å². The minimum atomic E-state index is 0. The van der Waals surface area contributed by atoms with Crippen LogP contribution in [0.15, 0.2) is 0 Å². The molecule has 0 atom stereocenters. The van der Waals surface area contributed by atoms with Crippen molar-refractivity contribution in [1.29, 1.82) is 5.26 Å². The fourth-order valence-electron chi connectivity index (χ4n) is 0. The molecule has 0 amide bonds. The average Bonchev–Trinajstić information content (AvgIpc) is 1.50. The molecule has 0 rings (SSSR count). The molecule has 0 fully saturated rings. The third-order valence-corrected chi connectivity index (χ3v) is 0. The van der Waals surface area contributed by atoms with E-state index in [0.29, 0.717) is 0 Å². The molecule has 0 aromatic carbocycles. The maximum Gasteiger partial charge on any atom is 1.00 e. The molecule has 0 radical (unpaired) electrons. The van der Waals surface area contributed by atoms with E-state index in [2.05, 4.69) is 0 Å². The number of rotatable bonds is 0. The molecule has 6 heavy (non-hydrogen) atoms. The standard InChI is InChI=1S/CN.Al.ClH.Fe.K.3H/c1-2;;;;;;;/h;;1H;;;;;/q-1;+1;;;+1;;;-1/p-1. The largest absolute Gasteiger partial charge is 1.00 e. The van der Waals surface area contributed by atoms with Crippen molar-refractivity contribution >= 4 is 25.4 Å². The molecule has 0 N–H and O–H groups in total. The van der Waals surface area contributed by atoms with Crippen LogP contribution in [-0.4, -0.2) is 15.4 Å². The Balaban J connectivity index is -0.00000000267. The quantitative estimate of drug-likeness (QED) is 0.292. The molecule has 0 aliphatic carbocycles. The van der Waals surface area contributed by atoms with E-state index in [1.807, 2.05) is 0 Å². The van der Waals surface area contributed by atoms with Crippen molar-refractivity contribution in [1.82, 2.24) is 0 Å². The summed E-state index contributed by atoms with van der Waals surface area (Å²) in [5.41, 5.74) is 0. The first-order valence-corrected chi connectivity index (χ1v) is 3.63. The second kappa shape index (κ2) is 51.3. The summed E-state index contributed by atoms with van der Waals surface area (Å²) in [5, 5.41) is 6.25. The van der Waals surface area contributed by atoms with E-state index in [0.717, 1.165) is 15.4 Å². The van der Waals surface area contributed by atoms with Gasteiger partial charge in [0.1, 0.15) is 0 Å². The van der Waals surface area contributed by atoms with Gasteiger partial charge in [-0.2, -0.15) is 0 Å². The Morgan fingerprint density at radius 2 is 1.50 bits per heavy atom. The Hall–Kier alpha value is 2.47. The summed E-state index contributed by atoms with van der Waals surface area (Å²) in [5.74, 6) is 0. The van der Waals surface area contributed by atoms with Gasteiger partial charge >= 0.3 is 66.8 Å². The van der Waals surface area contributed by atoms with E-state index in [9.17, 15) is 0 Å². The molecule has 0 saturated heterocycles. The summed E-state index contributed by atoms with van der Waals surface area (Å²) in [4.78, 5) is 0. The summed E-state index contributed by atoms with van der Waals surface area (Å²) < 4.78 is 0. The van der Waals surface area contributed by atoms with Crippen molar-refractivity contribution in [3.05, 3.63) is 6.57 Å². The maximum atomic E-state index is 6.25. The molecule has 32 valence electrons. The zero-order valence-corrected chi connectivity index (χ0v) is 10.7. The van der Waals surface area contributed by atoms with Gasteiger partial charge in [0, 0.05) is 17.1 Å². The van der Waals surface area contributed by atoms with Gasteiger partial charge in [-0.3, -0.25) is 10.0 Å². The van der Waals surface area contributed by atoms with E-state index < -0.39 is 0 Å². The minimum absolute atomic E-state index is 0. The Kier molecular flexibility index (Phi) is 202. The molecule has 1 nitrogen and oxygen atoms in total. The van der Waals surface area contributed by atoms with Gasteiger partial charge in [0.2, 0.25) is 0 Å². The van der Waals surface area contributed by atoms with E-state index in [1.165, 1.54) is 0 Å². The molecule has 0 bridgehead atoms. The van der Waals surface area contributed by atoms with Gasteiger partial charge in [-0.15, -0.1) is 0 Å². The monoisotopic (exact) mass is 186 g/mol. The van der Waals surface area contributed by atoms with Gasteiger partial charge < -0.3 is 13.3 Å². The summed E-state index contributed by atoms with van der Waals surface area (Å²) >= 11 is 0.778. The van der Waals surface area contributed by atoms with Crippen LogP contribution in [0.3, 0.4) is 0 Å². The van der Waals surface area contributed by atoms with Gasteiger partial charge in [-0.25, -0.2) is 0 Å². The summed E-state index contributed by atoms with van der Waals surface area (Å²) in [7, 11) is 4.78. The topological polar surface area (TPSA) is 23.8 Å². The first kappa shape index (κ1) is 23.7.